The molecule has 1 fully saturated rings. The zero-order chi connectivity index (χ0) is 16.7. The average molecular weight is 361 g/mol. The van der Waals surface area contributed by atoms with Gasteiger partial charge >= 0.3 is 0 Å². The van der Waals surface area contributed by atoms with E-state index in [9.17, 15) is 9.18 Å². The second-order valence-corrected chi connectivity index (χ2v) is 5.74. The number of carbonyl (C=O) groups is 1. The van der Waals surface area contributed by atoms with E-state index in [0.717, 1.165) is 19.3 Å². The Morgan fingerprint density at radius 2 is 2.17 bits per heavy atom. The number of likely N-dealkylation sites (tertiary alicyclic amines) is 1. The largest absolute Gasteiger partial charge is 0.382 e. The zero-order valence-electron chi connectivity index (χ0n) is 14.0. The maximum atomic E-state index is 13.9. The summed E-state index contributed by atoms with van der Waals surface area (Å²) in [5.41, 5.74) is 6.64. The lowest BCUT2D eigenvalue weighted by Crippen LogP contribution is -2.47. The van der Waals surface area contributed by atoms with Gasteiger partial charge in [-0.1, -0.05) is 0 Å². The lowest BCUT2D eigenvalue weighted by atomic mass is 10.0. The number of hydrogen-bond donors (Lipinski definition) is 1. The number of nitrogens with two attached hydrogens (primary N) is 1. The topological polar surface area (TPSA) is 64.8 Å². The molecule has 0 aliphatic carbocycles. The SMILES string of the molecule is COCCOCc1cc(C(=O)N2CCCCC2CN)ccc1F.Cl. The fourth-order valence-electron chi connectivity index (χ4n) is 2.82. The summed E-state index contributed by atoms with van der Waals surface area (Å²) in [4.78, 5) is 14.5. The van der Waals surface area contributed by atoms with E-state index >= 15 is 0 Å². The summed E-state index contributed by atoms with van der Waals surface area (Å²) in [6.45, 7) is 2.12. The molecule has 136 valence electrons. The molecule has 2 N–H and O–H groups in total. The van der Waals surface area contributed by atoms with Crippen LogP contribution in [0.15, 0.2) is 18.2 Å². The third kappa shape index (κ3) is 5.41. The number of halogens is 2. The molecule has 0 aromatic heterocycles. The highest BCUT2D eigenvalue weighted by molar-refractivity contribution is 5.94. The van der Waals surface area contributed by atoms with Gasteiger partial charge in [0.25, 0.3) is 5.91 Å². The summed E-state index contributed by atoms with van der Waals surface area (Å²) in [6, 6.07) is 4.50. The Kier molecular flexibility index (Phi) is 9.21. The smallest absolute Gasteiger partial charge is 0.254 e. The van der Waals surface area contributed by atoms with Crippen molar-refractivity contribution in [2.75, 3.05) is 33.4 Å². The lowest BCUT2D eigenvalue weighted by Gasteiger charge is -2.35. The minimum atomic E-state index is -0.368. The Balaban J connectivity index is 0.00000288. The minimum absolute atomic E-state index is 0. The van der Waals surface area contributed by atoms with E-state index in [4.69, 9.17) is 15.2 Å². The Morgan fingerprint density at radius 3 is 2.88 bits per heavy atom. The van der Waals surface area contributed by atoms with Crippen molar-refractivity contribution in [3.05, 3.63) is 35.1 Å². The van der Waals surface area contributed by atoms with Gasteiger partial charge in [-0.3, -0.25) is 4.79 Å². The van der Waals surface area contributed by atoms with E-state index in [1.807, 2.05) is 4.90 Å². The molecule has 1 unspecified atom stereocenters. The summed E-state index contributed by atoms with van der Waals surface area (Å²) in [7, 11) is 1.58. The van der Waals surface area contributed by atoms with Gasteiger partial charge < -0.3 is 20.1 Å². The summed E-state index contributed by atoms with van der Waals surface area (Å²) in [6.07, 6.45) is 3.00. The second kappa shape index (κ2) is 10.6. The molecule has 0 spiro atoms. The Labute approximate surface area is 148 Å². The average Bonchev–Trinajstić information content (AvgIpc) is 2.59. The molecule has 24 heavy (non-hydrogen) atoms. The molecule has 0 bridgehead atoms. The molecule has 1 amide bonds. The van der Waals surface area contributed by atoms with Gasteiger partial charge in [0.15, 0.2) is 0 Å². The summed E-state index contributed by atoms with van der Waals surface area (Å²) >= 11 is 0. The minimum Gasteiger partial charge on any atom is -0.382 e. The summed E-state index contributed by atoms with van der Waals surface area (Å²) in [5.74, 6) is -0.453. The molecule has 7 heteroatoms. The fourth-order valence-corrected chi connectivity index (χ4v) is 2.82. The van der Waals surface area contributed by atoms with Gasteiger partial charge in [0.1, 0.15) is 5.82 Å². The van der Waals surface area contributed by atoms with E-state index in [0.29, 0.717) is 37.4 Å². The van der Waals surface area contributed by atoms with Gasteiger partial charge in [0.05, 0.1) is 19.8 Å². The van der Waals surface area contributed by atoms with Gasteiger partial charge in [-0.15, -0.1) is 12.4 Å². The van der Waals surface area contributed by atoms with Crippen LogP contribution in [0.4, 0.5) is 4.39 Å². The molecule has 1 saturated heterocycles. The number of benzene rings is 1. The van der Waals surface area contributed by atoms with Crippen molar-refractivity contribution in [2.24, 2.45) is 5.73 Å². The summed E-state index contributed by atoms with van der Waals surface area (Å²) < 4.78 is 24.1. The molecule has 1 aliphatic rings. The number of rotatable bonds is 7. The number of amides is 1. The van der Waals surface area contributed by atoms with Crippen LogP contribution < -0.4 is 5.73 Å². The van der Waals surface area contributed by atoms with Gasteiger partial charge in [-0.25, -0.2) is 4.39 Å². The molecule has 0 saturated carbocycles. The fraction of sp³-hybridized carbons (Fsp3) is 0.588. The van der Waals surface area contributed by atoms with Gasteiger partial charge in [-0.05, 0) is 37.5 Å². The highest BCUT2D eigenvalue weighted by atomic mass is 35.5. The van der Waals surface area contributed by atoms with Crippen molar-refractivity contribution in [1.29, 1.82) is 0 Å². The quantitative estimate of drug-likeness (QED) is 0.758. The van der Waals surface area contributed by atoms with Crippen LogP contribution in [-0.4, -0.2) is 50.3 Å². The predicted molar refractivity (Wildman–Crippen MR) is 92.9 cm³/mol. The molecule has 1 atom stereocenters. The number of nitrogens with zero attached hydrogens (tertiary/aromatic N) is 1. The Bertz CT molecular complexity index is 531. The number of piperidine rings is 1. The normalized spacial score (nSPS) is 17.5. The highest BCUT2D eigenvalue weighted by Crippen LogP contribution is 2.20. The Morgan fingerprint density at radius 1 is 1.38 bits per heavy atom. The first-order valence-electron chi connectivity index (χ1n) is 8.03. The molecule has 1 heterocycles. The van der Waals surface area contributed by atoms with Crippen molar-refractivity contribution in [3.63, 3.8) is 0 Å². The van der Waals surface area contributed by atoms with E-state index in [1.54, 1.807) is 13.2 Å². The van der Waals surface area contributed by atoms with Crippen LogP contribution in [0.2, 0.25) is 0 Å². The third-order valence-corrected chi connectivity index (χ3v) is 4.14. The van der Waals surface area contributed by atoms with Crippen LogP contribution >= 0.6 is 12.4 Å². The number of methoxy groups -OCH3 is 1. The second-order valence-electron chi connectivity index (χ2n) is 5.74. The van der Waals surface area contributed by atoms with Crippen molar-refractivity contribution in [1.82, 2.24) is 4.90 Å². The first-order chi connectivity index (χ1) is 11.2. The maximum absolute atomic E-state index is 13.9. The lowest BCUT2D eigenvalue weighted by molar-refractivity contribution is 0.0596. The molecular formula is C17H26ClFN2O3. The monoisotopic (exact) mass is 360 g/mol. The molecule has 1 aromatic rings. The van der Waals surface area contributed by atoms with Gasteiger partial charge in [0, 0.05) is 37.4 Å². The molecule has 5 nitrogen and oxygen atoms in total. The first kappa shape index (κ1) is 20.8. The van der Waals surface area contributed by atoms with Crippen LogP contribution in [0.25, 0.3) is 0 Å². The highest BCUT2D eigenvalue weighted by Gasteiger charge is 2.26. The van der Waals surface area contributed by atoms with Gasteiger partial charge in [0.2, 0.25) is 0 Å². The van der Waals surface area contributed by atoms with E-state index in [-0.39, 0.29) is 36.8 Å². The number of ether oxygens (including phenoxy) is 2. The van der Waals surface area contributed by atoms with Crippen LogP contribution in [0.1, 0.15) is 35.2 Å². The maximum Gasteiger partial charge on any atom is 0.254 e. The summed E-state index contributed by atoms with van der Waals surface area (Å²) in [5, 5.41) is 0. The van der Waals surface area contributed by atoms with E-state index < -0.39 is 0 Å². The van der Waals surface area contributed by atoms with Crippen LogP contribution in [0.3, 0.4) is 0 Å². The predicted octanol–water partition coefficient (Wildman–Crippen LogP) is 2.36. The van der Waals surface area contributed by atoms with Crippen LogP contribution in [0.5, 0.6) is 0 Å². The van der Waals surface area contributed by atoms with Crippen LogP contribution in [0, 0.1) is 5.82 Å². The molecular weight excluding hydrogens is 335 g/mol. The van der Waals surface area contributed by atoms with Crippen LogP contribution in [-0.2, 0) is 16.1 Å². The third-order valence-electron chi connectivity index (χ3n) is 4.14. The molecule has 2 rings (SSSR count). The van der Waals surface area contributed by atoms with Crippen molar-refractivity contribution >= 4 is 18.3 Å². The van der Waals surface area contributed by atoms with Crippen molar-refractivity contribution < 1.29 is 18.7 Å². The zero-order valence-corrected chi connectivity index (χ0v) is 14.8. The first-order valence-corrected chi connectivity index (χ1v) is 8.03. The molecule has 0 radical (unpaired) electrons. The number of hydrogen-bond acceptors (Lipinski definition) is 4. The molecule has 1 aliphatic heterocycles. The van der Waals surface area contributed by atoms with E-state index in [2.05, 4.69) is 0 Å². The Hall–Kier alpha value is -1.21. The number of carbonyl (C=O) groups excluding carboxylic acids is 1. The standard InChI is InChI=1S/C17H25FN2O3.ClH/c1-22-8-9-23-12-14-10-13(5-6-16(14)18)17(21)20-7-3-2-4-15(20)11-19;/h5-6,10,15H,2-4,7-9,11-12,19H2,1H3;1H. The van der Waals surface area contributed by atoms with Crippen molar-refractivity contribution in [3.8, 4) is 0 Å². The van der Waals surface area contributed by atoms with Crippen molar-refractivity contribution in [2.45, 2.75) is 31.9 Å². The molecule has 1 aromatic carbocycles. The van der Waals surface area contributed by atoms with E-state index in [1.165, 1.54) is 12.1 Å². The van der Waals surface area contributed by atoms with Gasteiger partial charge in [-0.2, -0.15) is 0 Å².